The number of aliphatic imine (C=N–C) groups is 1. The van der Waals surface area contributed by atoms with Gasteiger partial charge >= 0.3 is 0 Å². The molecule has 0 saturated heterocycles. The number of hydrogen-bond donors (Lipinski definition) is 0. The Labute approximate surface area is 174 Å². The molecule has 0 radical (unpaired) electrons. The van der Waals surface area contributed by atoms with Crippen molar-refractivity contribution in [2.45, 2.75) is 20.4 Å². The lowest BCUT2D eigenvalue weighted by atomic mass is 10.0. The van der Waals surface area contributed by atoms with Crippen LogP contribution in [0.15, 0.2) is 88.9 Å². The maximum absolute atomic E-state index is 13.0. The number of ketones is 1. The Morgan fingerprint density at radius 1 is 1.17 bits per heavy atom. The SMILES string of the molecule is C=C(C)N=C(/C=C\C)Cn1cc(C(=O)c2ccc(Cl)cc2)c(=O)c2ccccc21. The fourth-order valence-electron chi connectivity index (χ4n) is 3.13. The van der Waals surface area contributed by atoms with Crippen LogP contribution >= 0.6 is 11.6 Å². The second-order valence-electron chi connectivity index (χ2n) is 6.69. The molecule has 0 fully saturated rings. The Hall–Kier alpha value is -3.24. The van der Waals surface area contributed by atoms with Gasteiger partial charge in [-0.3, -0.25) is 14.6 Å². The van der Waals surface area contributed by atoms with Crippen LogP contribution in [0.5, 0.6) is 0 Å². The number of aromatic nitrogens is 1. The average molecular weight is 405 g/mol. The van der Waals surface area contributed by atoms with Gasteiger partial charge in [0.15, 0.2) is 5.78 Å². The Bertz CT molecular complexity index is 1200. The van der Waals surface area contributed by atoms with Gasteiger partial charge in [0.25, 0.3) is 0 Å². The highest BCUT2D eigenvalue weighted by Gasteiger charge is 2.17. The zero-order valence-corrected chi connectivity index (χ0v) is 17.1. The number of carbonyl (C=O) groups is 1. The maximum atomic E-state index is 13.0. The number of para-hydroxylation sites is 1. The summed E-state index contributed by atoms with van der Waals surface area (Å²) >= 11 is 5.92. The molecule has 0 aliphatic heterocycles. The van der Waals surface area contributed by atoms with Crippen LogP contribution in [0.3, 0.4) is 0 Å². The summed E-state index contributed by atoms with van der Waals surface area (Å²) in [5, 5.41) is 1.02. The number of rotatable bonds is 6. The summed E-state index contributed by atoms with van der Waals surface area (Å²) in [7, 11) is 0. The van der Waals surface area contributed by atoms with Gasteiger partial charge < -0.3 is 4.57 Å². The van der Waals surface area contributed by atoms with Crippen LogP contribution < -0.4 is 5.43 Å². The van der Waals surface area contributed by atoms with Crippen LogP contribution in [0.2, 0.25) is 5.02 Å². The minimum Gasteiger partial charge on any atom is -0.340 e. The molecule has 0 spiro atoms. The monoisotopic (exact) mass is 404 g/mol. The van der Waals surface area contributed by atoms with E-state index in [1.165, 1.54) is 0 Å². The van der Waals surface area contributed by atoms with Crippen molar-refractivity contribution >= 4 is 34.0 Å². The van der Waals surface area contributed by atoms with E-state index in [0.717, 1.165) is 11.2 Å². The molecule has 0 N–H and O–H groups in total. The van der Waals surface area contributed by atoms with Crippen molar-refractivity contribution in [3.8, 4) is 0 Å². The normalized spacial score (nSPS) is 11.9. The van der Waals surface area contributed by atoms with Gasteiger partial charge in [-0.25, -0.2) is 0 Å². The number of nitrogens with zero attached hydrogens (tertiary/aromatic N) is 2. The van der Waals surface area contributed by atoms with E-state index < -0.39 is 0 Å². The fraction of sp³-hybridized carbons (Fsp3) is 0.125. The molecule has 4 nitrogen and oxygen atoms in total. The predicted molar refractivity (Wildman–Crippen MR) is 120 cm³/mol. The van der Waals surface area contributed by atoms with Crippen LogP contribution in [0, 0.1) is 0 Å². The van der Waals surface area contributed by atoms with Gasteiger partial charge in [0, 0.05) is 27.9 Å². The topological polar surface area (TPSA) is 51.4 Å². The van der Waals surface area contributed by atoms with Crippen LogP contribution in [-0.4, -0.2) is 16.1 Å². The van der Waals surface area contributed by atoms with Crippen LogP contribution in [0.4, 0.5) is 0 Å². The molecule has 0 aliphatic rings. The molecular formula is C24H21ClN2O2. The van der Waals surface area contributed by atoms with Gasteiger partial charge in [-0.05, 0) is 56.3 Å². The molecule has 0 atom stereocenters. The van der Waals surface area contributed by atoms with E-state index >= 15 is 0 Å². The Morgan fingerprint density at radius 2 is 1.86 bits per heavy atom. The molecule has 0 saturated carbocycles. The molecular weight excluding hydrogens is 384 g/mol. The van der Waals surface area contributed by atoms with Crippen molar-refractivity contribution in [2.24, 2.45) is 4.99 Å². The first kappa shape index (κ1) is 20.5. The van der Waals surface area contributed by atoms with Gasteiger partial charge in [0.2, 0.25) is 5.43 Å². The van der Waals surface area contributed by atoms with E-state index in [0.29, 0.717) is 28.2 Å². The first-order chi connectivity index (χ1) is 13.9. The van der Waals surface area contributed by atoms with Crippen LogP contribution in [0.25, 0.3) is 10.9 Å². The molecule has 2 aromatic carbocycles. The van der Waals surface area contributed by atoms with Gasteiger partial charge in [-0.1, -0.05) is 36.4 Å². The average Bonchev–Trinajstić information content (AvgIpc) is 2.70. The van der Waals surface area contributed by atoms with E-state index in [4.69, 9.17) is 11.6 Å². The molecule has 0 unspecified atom stereocenters. The summed E-state index contributed by atoms with van der Waals surface area (Å²) < 4.78 is 1.88. The van der Waals surface area contributed by atoms with Gasteiger partial charge in [-0.15, -0.1) is 0 Å². The first-order valence-electron chi connectivity index (χ1n) is 9.19. The third-order valence-corrected chi connectivity index (χ3v) is 4.62. The molecule has 3 rings (SSSR count). The van der Waals surface area contributed by atoms with Gasteiger partial charge in [0.1, 0.15) is 0 Å². The van der Waals surface area contributed by atoms with Gasteiger partial charge in [-0.2, -0.15) is 0 Å². The summed E-state index contributed by atoms with van der Waals surface area (Å²) in [6.07, 6.45) is 5.40. The third-order valence-electron chi connectivity index (χ3n) is 4.36. The Morgan fingerprint density at radius 3 is 2.52 bits per heavy atom. The lowest BCUT2D eigenvalue weighted by molar-refractivity contribution is 0.103. The molecule has 1 aromatic heterocycles. The third kappa shape index (κ3) is 4.61. The minimum absolute atomic E-state index is 0.112. The molecule has 0 bridgehead atoms. The highest BCUT2D eigenvalue weighted by molar-refractivity contribution is 6.30. The van der Waals surface area contributed by atoms with Crippen LogP contribution in [-0.2, 0) is 6.54 Å². The number of benzene rings is 2. The second kappa shape index (κ2) is 8.84. The first-order valence-corrected chi connectivity index (χ1v) is 9.56. The Balaban J connectivity index is 2.19. The summed E-state index contributed by atoms with van der Waals surface area (Å²) in [6, 6.07) is 13.8. The zero-order chi connectivity index (χ0) is 21.0. The van der Waals surface area contributed by atoms with Crippen molar-refractivity contribution in [1.82, 2.24) is 4.57 Å². The van der Waals surface area contributed by atoms with E-state index in [2.05, 4.69) is 11.6 Å². The van der Waals surface area contributed by atoms with Crippen molar-refractivity contribution < 1.29 is 4.79 Å². The fourth-order valence-corrected chi connectivity index (χ4v) is 3.26. The van der Waals surface area contributed by atoms with Gasteiger partial charge in [0.05, 0.1) is 23.3 Å². The molecule has 0 aliphatic carbocycles. The molecule has 1 heterocycles. The number of hydrogen-bond acceptors (Lipinski definition) is 3. The van der Waals surface area contributed by atoms with E-state index in [-0.39, 0.29) is 16.8 Å². The maximum Gasteiger partial charge on any atom is 0.200 e. The Kier molecular flexibility index (Phi) is 6.25. The molecule has 5 heteroatoms. The number of pyridine rings is 1. The molecule has 29 heavy (non-hydrogen) atoms. The smallest absolute Gasteiger partial charge is 0.200 e. The summed E-state index contributed by atoms with van der Waals surface area (Å²) in [6.45, 7) is 7.98. The molecule has 146 valence electrons. The lowest BCUT2D eigenvalue weighted by Gasteiger charge is -2.14. The van der Waals surface area contributed by atoms with Crippen molar-refractivity contribution in [2.75, 3.05) is 0 Å². The summed E-state index contributed by atoms with van der Waals surface area (Å²) in [4.78, 5) is 30.6. The number of allylic oxidation sites excluding steroid dienone is 3. The highest BCUT2D eigenvalue weighted by Crippen LogP contribution is 2.17. The molecule has 0 amide bonds. The van der Waals surface area contributed by atoms with Crippen molar-refractivity contribution in [1.29, 1.82) is 0 Å². The standard InChI is InChI=1S/C24H21ClN2O2/c1-4-7-19(26-16(2)3)14-27-15-21(23(28)17-10-12-18(25)13-11-17)24(29)20-8-5-6-9-22(20)27/h4-13,15H,2,14H2,1,3H3/b7-4-,26-19?. The lowest BCUT2D eigenvalue weighted by Crippen LogP contribution is -2.21. The number of fused-ring (bicyclic) bond motifs is 1. The largest absolute Gasteiger partial charge is 0.340 e. The van der Waals surface area contributed by atoms with Crippen molar-refractivity contribution in [3.63, 3.8) is 0 Å². The van der Waals surface area contributed by atoms with Crippen molar-refractivity contribution in [3.05, 3.63) is 106 Å². The predicted octanol–water partition coefficient (Wildman–Crippen LogP) is 5.44. The molecule has 3 aromatic rings. The van der Waals surface area contributed by atoms with E-state index in [1.807, 2.05) is 42.7 Å². The summed E-state index contributed by atoms with van der Waals surface area (Å²) in [5.74, 6) is -0.337. The van der Waals surface area contributed by atoms with E-state index in [1.54, 1.807) is 42.6 Å². The quantitative estimate of drug-likeness (QED) is 0.406. The zero-order valence-electron chi connectivity index (χ0n) is 16.4. The van der Waals surface area contributed by atoms with E-state index in [9.17, 15) is 9.59 Å². The minimum atomic E-state index is -0.337. The highest BCUT2D eigenvalue weighted by atomic mass is 35.5. The number of halogens is 1. The number of carbonyl (C=O) groups excluding carboxylic acids is 1. The van der Waals surface area contributed by atoms with Crippen LogP contribution in [0.1, 0.15) is 29.8 Å². The summed E-state index contributed by atoms with van der Waals surface area (Å²) in [5.41, 5.74) is 2.43. The second-order valence-corrected chi connectivity index (χ2v) is 7.13.